The van der Waals surface area contributed by atoms with Gasteiger partial charge in [-0.05, 0) is 48.7 Å². The van der Waals surface area contributed by atoms with Gasteiger partial charge >= 0.3 is 0 Å². The number of methoxy groups -OCH3 is 1. The molecule has 2 heterocycles. The molecular weight excluding hydrogens is 382 g/mol. The average molecular weight is 407 g/mol. The average Bonchev–Trinajstić information content (AvgIpc) is 3.42. The first-order valence-corrected chi connectivity index (χ1v) is 10.1. The van der Waals surface area contributed by atoms with Crippen molar-refractivity contribution in [2.24, 2.45) is 0 Å². The van der Waals surface area contributed by atoms with Gasteiger partial charge in [-0.3, -0.25) is 9.59 Å². The monoisotopic (exact) mass is 407 g/mol. The molecule has 1 aromatic heterocycles. The summed E-state index contributed by atoms with van der Waals surface area (Å²) in [4.78, 5) is 29.7. The van der Waals surface area contributed by atoms with Gasteiger partial charge in [-0.2, -0.15) is 0 Å². The number of aromatic amines is 1. The van der Waals surface area contributed by atoms with E-state index in [1.807, 2.05) is 29.3 Å². The summed E-state index contributed by atoms with van der Waals surface area (Å²) in [6, 6.07) is 12.8. The van der Waals surface area contributed by atoms with Crippen LogP contribution < -0.4 is 14.8 Å². The van der Waals surface area contributed by atoms with Gasteiger partial charge in [-0.25, -0.2) is 0 Å². The van der Waals surface area contributed by atoms with E-state index < -0.39 is 0 Å². The first kappa shape index (κ1) is 19.8. The van der Waals surface area contributed by atoms with E-state index in [0.717, 1.165) is 48.1 Å². The lowest BCUT2D eigenvalue weighted by atomic mass is 10.1. The molecular formula is C23H25N3O4. The summed E-state index contributed by atoms with van der Waals surface area (Å²) < 4.78 is 10.9. The third-order valence-corrected chi connectivity index (χ3v) is 5.26. The Balaban J connectivity index is 1.36. The Kier molecular flexibility index (Phi) is 5.88. The molecule has 4 rings (SSSR count). The Hall–Kier alpha value is -3.48. The molecule has 1 fully saturated rings. The second kappa shape index (κ2) is 8.90. The van der Waals surface area contributed by atoms with E-state index in [2.05, 4.69) is 10.3 Å². The molecule has 2 amide bonds. The van der Waals surface area contributed by atoms with E-state index >= 15 is 0 Å². The summed E-state index contributed by atoms with van der Waals surface area (Å²) in [6.45, 7) is 1.62. The minimum atomic E-state index is -0.135. The lowest BCUT2D eigenvalue weighted by molar-refractivity contribution is -0.132. The van der Waals surface area contributed by atoms with E-state index in [4.69, 9.17) is 9.47 Å². The number of H-pyrrole nitrogens is 1. The zero-order valence-corrected chi connectivity index (χ0v) is 16.9. The highest BCUT2D eigenvalue weighted by atomic mass is 16.5. The second-order valence-electron chi connectivity index (χ2n) is 7.35. The normalized spacial score (nSPS) is 13.4. The van der Waals surface area contributed by atoms with Gasteiger partial charge in [0.25, 0.3) is 5.91 Å². The fraction of sp³-hybridized carbons (Fsp3) is 0.304. The number of aromatic nitrogens is 1. The van der Waals surface area contributed by atoms with E-state index in [0.29, 0.717) is 11.4 Å². The first-order chi connectivity index (χ1) is 14.6. The van der Waals surface area contributed by atoms with Crippen LogP contribution in [0.15, 0.2) is 48.7 Å². The van der Waals surface area contributed by atoms with E-state index in [-0.39, 0.29) is 24.8 Å². The van der Waals surface area contributed by atoms with Gasteiger partial charge in [0.2, 0.25) is 5.91 Å². The number of hydrogen-bond acceptors (Lipinski definition) is 4. The molecule has 0 atom stereocenters. The molecule has 1 saturated heterocycles. The quantitative estimate of drug-likeness (QED) is 0.629. The van der Waals surface area contributed by atoms with Crippen LogP contribution in [0.25, 0.3) is 10.9 Å². The highest BCUT2D eigenvalue weighted by Crippen LogP contribution is 2.24. The molecule has 7 nitrogen and oxygen atoms in total. The molecule has 7 heteroatoms. The fourth-order valence-corrected chi connectivity index (χ4v) is 3.68. The maximum absolute atomic E-state index is 12.6. The fourth-order valence-electron chi connectivity index (χ4n) is 3.68. The van der Waals surface area contributed by atoms with Gasteiger partial charge in [0.1, 0.15) is 11.5 Å². The number of ether oxygens (including phenoxy) is 2. The largest absolute Gasteiger partial charge is 0.497 e. The Labute approximate surface area is 175 Å². The number of benzene rings is 2. The number of carbonyl (C=O) groups is 2. The number of carbonyl (C=O) groups excluding carboxylic acids is 2. The van der Waals surface area contributed by atoms with Crippen LogP contribution in [0.1, 0.15) is 18.4 Å². The minimum Gasteiger partial charge on any atom is -0.497 e. The van der Waals surface area contributed by atoms with Crippen LogP contribution in [0, 0.1) is 0 Å². The Bertz CT molecular complexity index is 1050. The van der Waals surface area contributed by atoms with Crippen LogP contribution in [0.2, 0.25) is 0 Å². The van der Waals surface area contributed by atoms with Crippen molar-refractivity contribution >= 4 is 28.4 Å². The van der Waals surface area contributed by atoms with Gasteiger partial charge in [-0.15, -0.1) is 0 Å². The van der Waals surface area contributed by atoms with Crippen LogP contribution in [0.4, 0.5) is 5.69 Å². The Morgan fingerprint density at radius 1 is 1.10 bits per heavy atom. The lowest BCUT2D eigenvalue weighted by Crippen LogP contribution is -2.32. The number of fused-ring (bicyclic) bond motifs is 1. The van der Waals surface area contributed by atoms with Gasteiger partial charge in [0, 0.05) is 41.9 Å². The third-order valence-electron chi connectivity index (χ3n) is 5.26. The van der Waals surface area contributed by atoms with Crippen molar-refractivity contribution in [3.8, 4) is 11.5 Å². The molecule has 0 saturated carbocycles. The predicted molar refractivity (Wildman–Crippen MR) is 115 cm³/mol. The highest BCUT2D eigenvalue weighted by Gasteiger charge is 2.18. The number of hydrogen-bond donors (Lipinski definition) is 2. The number of nitrogens with one attached hydrogen (secondary N) is 2. The van der Waals surface area contributed by atoms with Crippen LogP contribution >= 0.6 is 0 Å². The molecule has 0 radical (unpaired) electrons. The SMILES string of the molecule is COc1ccc2[nH]cc(CC(=O)Nc3cccc(OCC(=O)N4CCCC4)c3)c2c1. The maximum Gasteiger partial charge on any atom is 0.260 e. The number of rotatable bonds is 7. The van der Waals surface area contributed by atoms with Gasteiger partial charge < -0.3 is 24.7 Å². The molecule has 3 aromatic rings. The van der Waals surface area contributed by atoms with Gasteiger partial charge in [0.15, 0.2) is 6.61 Å². The van der Waals surface area contributed by atoms with Gasteiger partial charge in [-0.1, -0.05) is 6.07 Å². The van der Waals surface area contributed by atoms with Crippen molar-refractivity contribution < 1.29 is 19.1 Å². The van der Waals surface area contributed by atoms with Crippen molar-refractivity contribution in [1.82, 2.24) is 9.88 Å². The standard InChI is InChI=1S/C23H25N3O4/c1-29-18-7-8-21-20(13-18)16(14-24-21)11-22(27)25-17-5-4-6-19(12-17)30-15-23(28)26-9-2-3-10-26/h4-8,12-14,24H,2-3,9-11,15H2,1H3,(H,25,27). The predicted octanol–water partition coefficient (Wildman–Crippen LogP) is 3.36. The number of nitrogens with zero attached hydrogens (tertiary/aromatic N) is 1. The topological polar surface area (TPSA) is 83.7 Å². The first-order valence-electron chi connectivity index (χ1n) is 10.1. The molecule has 2 N–H and O–H groups in total. The molecule has 156 valence electrons. The molecule has 30 heavy (non-hydrogen) atoms. The van der Waals surface area contributed by atoms with Crippen LogP contribution in [-0.2, 0) is 16.0 Å². The molecule has 0 spiro atoms. The van der Waals surface area contributed by atoms with Crippen molar-refractivity contribution in [3.05, 3.63) is 54.2 Å². The van der Waals surface area contributed by atoms with E-state index in [1.54, 1.807) is 31.4 Å². The summed E-state index contributed by atoms with van der Waals surface area (Å²) in [5, 5.41) is 3.86. The zero-order chi connectivity index (χ0) is 20.9. The summed E-state index contributed by atoms with van der Waals surface area (Å²) in [7, 11) is 1.62. The number of anilines is 1. The van der Waals surface area contributed by atoms with Crippen molar-refractivity contribution in [2.45, 2.75) is 19.3 Å². The van der Waals surface area contributed by atoms with Crippen LogP contribution in [-0.4, -0.2) is 48.5 Å². The summed E-state index contributed by atoms with van der Waals surface area (Å²) in [5.74, 6) is 1.16. The second-order valence-corrected chi connectivity index (χ2v) is 7.35. The molecule has 1 aliphatic rings. The summed E-state index contributed by atoms with van der Waals surface area (Å²) in [5.41, 5.74) is 2.48. The van der Waals surface area contributed by atoms with E-state index in [1.165, 1.54) is 0 Å². The lowest BCUT2D eigenvalue weighted by Gasteiger charge is -2.15. The maximum atomic E-state index is 12.6. The van der Waals surface area contributed by atoms with E-state index in [9.17, 15) is 9.59 Å². The molecule has 0 unspecified atom stereocenters. The Morgan fingerprint density at radius 3 is 2.73 bits per heavy atom. The third kappa shape index (κ3) is 4.56. The molecule has 1 aliphatic heterocycles. The van der Waals surface area contributed by atoms with Crippen LogP contribution in [0.3, 0.4) is 0 Å². The number of amides is 2. The summed E-state index contributed by atoms with van der Waals surface area (Å²) >= 11 is 0. The van der Waals surface area contributed by atoms with Gasteiger partial charge in [0.05, 0.1) is 13.5 Å². The van der Waals surface area contributed by atoms with Crippen molar-refractivity contribution in [3.63, 3.8) is 0 Å². The molecule has 0 aliphatic carbocycles. The van der Waals surface area contributed by atoms with Crippen LogP contribution in [0.5, 0.6) is 11.5 Å². The summed E-state index contributed by atoms with van der Waals surface area (Å²) in [6.07, 6.45) is 4.17. The molecule has 2 aromatic carbocycles. The highest BCUT2D eigenvalue weighted by molar-refractivity contribution is 5.96. The Morgan fingerprint density at radius 2 is 1.93 bits per heavy atom. The molecule has 0 bridgehead atoms. The number of likely N-dealkylation sites (tertiary alicyclic amines) is 1. The zero-order valence-electron chi connectivity index (χ0n) is 16.9. The minimum absolute atomic E-state index is 0.00305. The smallest absolute Gasteiger partial charge is 0.260 e. The van der Waals surface area contributed by atoms with Crippen molar-refractivity contribution in [2.75, 3.05) is 32.1 Å². The van der Waals surface area contributed by atoms with Crippen molar-refractivity contribution in [1.29, 1.82) is 0 Å².